The maximum atomic E-state index is 12.2. The van der Waals surface area contributed by atoms with Crippen LogP contribution in [0.2, 0.25) is 5.02 Å². The first-order valence-corrected chi connectivity index (χ1v) is 8.43. The number of nitrogens with one attached hydrogen (secondary N) is 1. The summed E-state index contributed by atoms with van der Waals surface area (Å²) in [4.78, 5) is 24.0. The molecule has 0 spiro atoms. The fourth-order valence-electron chi connectivity index (χ4n) is 2.26. The van der Waals surface area contributed by atoms with Gasteiger partial charge in [-0.25, -0.2) is 0 Å². The molecule has 3 rings (SSSR count). The van der Waals surface area contributed by atoms with E-state index < -0.39 is 5.91 Å². The maximum Gasteiger partial charge on any atom is 0.262 e. The summed E-state index contributed by atoms with van der Waals surface area (Å²) >= 11 is 9.17. The van der Waals surface area contributed by atoms with Gasteiger partial charge in [0.05, 0.1) is 10.2 Å². The topological polar surface area (TPSA) is 73.9 Å². The van der Waals surface area contributed by atoms with Crippen LogP contribution < -0.4 is 19.5 Å². The van der Waals surface area contributed by atoms with Crippen LogP contribution in [0.5, 0.6) is 17.2 Å². The van der Waals surface area contributed by atoms with Crippen molar-refractivity contribution in [3.63, 3.8) is 0 Å². The molecule has 1 N–H and O–H groups in total. The molecule has 0 aromatic heterocycles. The zero-order chi connectivity index (χ0) is 18.0. The van der Waals surface area contributed by atoms with Gasteiger partial charge in [-0.2, -0.15) is 0 Å². The van der Waals surface area contributed by atoms with Crippen molar-refractivity contribution in [3.8, 4) is 17.2 Å². The lowest BCUT2D eigenvalue weighted by molar-refractivity contribution is -0.118. The van der Waals surface area contributed by atoms with Crippen molar-refractivity contribution in [1.29, 1.82) is 0 Å². The third-order valence-electron chi connectivity index (χ3n) is 3.42. The van der Waals surface area contributed by atoms with Crippen LogP contribution in [0.25, 0.3) is 0 Å². The monoisotopic (exact) mass is 425 g/mol. The van der Waals surface area contributed by atoms with Gasteiger partial charge in [-0.1, -0.05) is 11.6 Å². The molecule has 0 saturated carbocycles. The van der Waals surface area contributed by atoms with Gasteiger partial charge in [0, 0.05) is 16.7 Å². The van der Waals surface area contributed by atoms with Gasteiger partial charge in [0.1, 0.15) is 5.75 Å². The molecule has 1 aliphatic rings. The van der Waals surface area contributed by atoms with Gasteiger partial charge < -0.3 is 19.5 Å². The third-order valence-corrected chi connectivity index (χ3v) is 4.27. The Labute approximate surface area is 157 Å². The number of halogens is 2. The van der Waals surface area contributed by atoms with Crippen LogP contribution in [0.3, 0.4) is 0 Å². The van der Waals surface area contributed by atoms with E-state index in [1.807, 2.05) is 0 Å². The van der Waals surface area contributed by atoms with Crippen LogP contribution in [-0.4, -0.2) is 25.1 Å². The van der Waals surface area contributed by atoms with E-state index in [1.54, 1.807) is 30.3 Å². The van der Waals surface area contributed by atoms with E-state index in [0.29, 0.717) is 38.0 Å². The third kappa shape index (κ3) is 4.05. The van der Waals surface area contributed by atoms with E-state index in [2.05, 4.69) is 21.2 Å². The number of amides is 1. The highest BCUT2D eigenvalue weighted by Gasteiger charge is 2.20. The van der Waals surface area contributed by atoms with E-state index in [1.165, 1.54) is 6.92 Å². The SMILES string of the molecule is CC(=O)c1cc2c(cc1NC(=O)COc1ccc(Cl)cc1Br)OCO2. The van der Waals surface area contributed by atoms with Crippen molar-refractivity contribution in [2.45, 2.75) is 6.92 Å². The van der Waals surface area contributed by atoms with Crippen LogP contribution in [0.15, 0.2) is 34.8 Å². The Bertz CT molecular complexity index is 855. The van der Waals surface area contributed by atoms with Gasteiger partial charge >= 0.3 is 0 Å². The average molecular weight is 427 g/mol. The Morgan fingerprint density at radius 1 is 1.24 bits per heavy atom. The number of fused-ring (bicyclic) bond motifs is 1. The number of benzene rings is 2. The van der Waals surface area contributed by atoms with Crippen molar-refractivity contribution >= 4 is 44.9 Å². The first kappa shape index (κ1) is 17.6. The van der Waals surface area contributed by atoms with Crippen LogP contribution in [-0.2, 0) is 4.79 Å². The molecule has 1 heterocycles. The van der Waals surface area contributed by atoms with Crippen LogP contribution in [0, 0.1) is 0 Å². The number of anilines is 1. The predicted molar refractivity (Wildman–Crippen MR) is 95.8 cm³/mol. The highest BCUT2D eigenvalue weighted by Crippen LogP contribution is 2.37. The minimum absolute atomic E-state index is 0.0811. The number of ether oxygens (including phenoxy) is 3. The lowest BCUT2D eigenvalue weighted by Gasteiger charge is -2.12. The second-order valence-corrected chi connectivity index (χ2v) is 6.51. The number of carbonyl (C=O) groups is 2. The molecule has 2 aromatic rings. The number of Topliss-reactive ketones (excluding diaryl/α,β-unsaturated/α-hetero) is 1. The second kappa shape index (κ2) is 7.33. The van der Waals surface area contributed by atoms with Crippen LogP contribution in [0.4, 0.5) is 5.69 Å². The number of rotatable bonds is 5. The first-order chi connectivity index (χ1) is 11.9. The molecule has 130 valence electrons. The molecule has 1 aliphatic heterocycles. The highest BCUT2D eigenvalue weighted by molar-refractivity contribution is 9.10. The summed E-state index contributed by atoms with van der Waals surface area (Å²) in [6, 6.07) is 8.10. The fourth-order valence-corrected chi connectivity index (χ4v) is 3.06. The van der Waals surface area contributed by atoms with E-state index in [9.17, 15) is 9.59 Å². The zero-order valence-corrected chi connectivity index (χ0v) is 15.4. The normalized spacial score (nSPS) is 12.0. The largest absolute Gasteiger partial charge is 0.483 e. The van der Waals surface area contributed by atoms with E-state index >= 15 is 0 Å². The van der Waals surface area contributed by atoms with Gasteiger partial charge in [0.2, 0.25) is 6.79 Å². The molecule has 6 nitrogen and oxygen atoms in total. The molecule has 0 unspecified atom stereocenters. The standard InChI is InChI=1S/C17H13BrClNO5/c1-9(21)11-5-15-16(25-8-24-15)6-13(11)20-17(22)7-23-14-3-2-10(19)4-12(14)18/h2-6H,7-8H2,1H3,(H,20,22). The molecule has 0 aliphatic carbocycles. The highest BCUT2D eigenvalue weighted by atomic mass is 79.9. The summed E-state index contributed by atoms with van der Waals surface area (Å²) in [7, 11) is 0. The number of hydrogen-bond acceptors (Lipinski definition) is 5. The van der Waals surface area contributed by atoms with Gasteiger partial charge in [-0.15, -0.1) is 0 Å². The molecule has 0 radical (unpaired) electrons. The molecule has 0 fully saturated rings. The number of ketones is 1. The predicted octanol–water partition coefficient (Wildman–Crippen LogP) is 4.05. The van der Waals surface area contributed by atoms with Crippen LogP contribution in [0.1, 0.15) is 17.3 Å². The average Bonchev–Trinajstić information content (AvgIpc) is 3.00. The maximum absolute atomic E-state index is 12.2. The van der Waals surface area contributed by atoms with Gasteiger partial charge in [-0.05, 0) is 47.1 Å². The molecule has 0 atom stereocenters. The molecule has 1 amide bonds. The van der Waals surface area contributed by atoms with Crippen molar-refractivity contribution in [2.24, 2.45) is 0 Å². The lowest BCUT2D eigenvalue weighted by atomic mass is 10.1. The molecule has 0 bridgehead atoms. The Balaban J connectivity index is 1.71. The summed E-state index contributed by atoms with van der Waals surface area (Å²) in [5.41, 5.74) is 0.686. The quantitative estimate of drug-likeness (QED) is 0.730. The summed E-state index contributed by atoms with van der Waals surface area (Å²) in [6.45, 7) is 1.26. The zero-order valence-electron chi connectivity index (χ0n) is 13.1. The van der Waals surface area contributed by atoms with Crippen LogP contribution >= 0.6 is 27.5 Å². The summed E-state index contributed by atoms with van der Waals surface area (Å²) in [6.07, 6.45) is 0. The van der Waals surface area contributed by atoms with E-state index in [-0.39, 0.29) is 19.2 Å². The Morgan fingerprint density at radius 3 is 2.64 bits per heavy atom. The molecule has 0 saturated heterocycles. The minimum atomic E-state index is -0.414. The summed E-state index contributed by atoms with van der Waals surface area (Å²) < 4.78 is 16.6. The van der Waals surface area contributed by atoms with Gasteiger partial charge in [-0.3, -0.25) is 9.59 Å². The Morgan fingerprint density at radius 2 is 1.96 bits per heavy atom. The van der Waals surface area contributed by atoms with Gasteiger partial charge in [0.15, 0.2) is 23.9 Å². The minimum Gasteiger partial charge on any atom is -0.483 e. The number of hydrogen-bond donors (Lipinski definition) is 1. The Hall–Kier alpha value is -2.25. The van der Waals surface area contributed by atoms with Crippen molar-refractivity contribution in [3.05, 3.63) is 45.4 Å². The molecule has 8 heteroatoms. The molecule has 25 heavy (non-hydrogen) atoms. The van der Waals surface area contributed by atoms with Gasteiger partial charge in [0.25, 0.3) is 5.91 Å². The van der Waals surface area contributed by atoms with Crippen molar-refractivity contribution < 1.29 is 23.8 Å². The first-order valence-electron chi connectivity index (χ1n) is 7.26. The molecular weight excluding hydrogens is 414 g/mol. The number of carbonyl (C=O) groups excluding carboxylic acids is 2. The van der Waals surface area contributed by atoms with Crippen molar-refractivity contribution in [1.82, 2.24) is 0 Å². The van der Waals surface area contributed by atoms with E-state index in [0.717, 1.165) is 0 Å². The smallest absolute Gasteiger partial charge is 0.262 e. The second-order valence-electron chi connectivity index (χ2n) is 5.22. The van der Waals surface area contributed by atoms with E-state index in [4.69, 9.17) is 25.8 Å². The van der Waals surface area contributed by atoms with Crippen molar-refractivity contribution in [2.75, 3.05) is 18.7 Å². The molecular formula is C17H13BrClNO5. The fraction of sp³-hybridized carbons (Fsp3) is 0.176. The Kier molecular flexibility index (Phi) is 5.15. The molecule has 2 aromatic carbocycles. The lowest BCUT2D eigenvalue weighted by Crippen LogP contribution is -2.21. The summed E-state index contributed by atoms with van der Waals surface area (Å²) in [5.74, 6) is 0.821. The summed E-state index contributed by atoms with van der Waals surface area (Å²) in [5, 5.41) is 3.21.